The maximum Gasteiger partial charge on any atom is 0.410 e. The molecule has 2 fully saturated rings. The molecule has 2 atom stereocenters. The molecule has 2 aliphatic rings. The van der Waals surface area contributed by atoms with E-state index in [4.69, 9.17) is 14.2 Å². The van der Waals surface area contributed by atoms with Crippen molar-refractivity contribution in [2.75, 3.05) is 13.6 Å². The zero-order valence-corrected chi connectivity index (χ0v) is 20.5. The lowest BCUT2D eigenvalue weighted by molar-refractivity contribution is 0.0100. The number of aromatic nitrogens is 2. The summed E-state index contributed by atoms with van der Waals surface area (Å²) < 4.78 is 11.2. The fourth-order valence-electron chi connectivity index (χ4n) is 4.70. The molecular formula is C26H36N4O3. The summed E-state index contributed by atoms with van der Waals surface area (Å²) in [6, 6.07) is 6.37. The highest BCUT2D eigenvalue weighted by atomic mass is 16.6. The van der Waals surface area contributed by atoms with E-state index in [-0.39, 0.29) is 18.1 Å². The summed E-state index contributed by atoms with van der Waals surface area (Å²) in [5, 5.41) is 4.31. The fourth-order valence-corrected chi connectivity index (χ4v) is 4.70. The van der Waals surface area contributed by atoms with E-state index in [2.05, 4.69) is 29.2 Å². The van der Waals surface area contributed by atoms with Crippen molar-refractivity contribution in [3.63, 3.8) is 0 Å². The van der Waals surface area contributed by atoms with Crippen LogP contribution in [-0.4, -0.2) is 52.6 Å². The number of ether oxygens (including phenoxy) is 1. The third-order valence-electron chi connectivity index (χ3n) is 6.70. The van der Waals surface area contributed by atoms with Crippen molar-refractivity contribution in [1.29, 1.82) is 0 Å². The van der Waals surface area contributed by atoms with Gasteiger partial charge in [0.2, 0.25) is 0 Å². The van der Waals surface area contributed by atoms with Crippen LogP contribution in [0.1, 0.15) is 82.7 Å². The molecule has 7 heteroatoms. The highest BCUT2D eigenvalue weighted by Crippen LogP contribution is 2.34. The minimum absolute atomic E-state index is 0.0576. The molecule has 1 aliphatic carbocycles. The Kier molecular flexibility index (Phi) is 6.86. The van der Waals surface area contributed by atoms with Gasteiger partial charge in [-0.2, -0.15) is 4.98 Å². The van der Waals surface area contributed by atoms with Gasteiger partial charge in [0.15, 0.2) is 5.82 Å². The number of hydrogen-bond acceptors (Lipinski definition) is 6. The van der Waals surface area contributed by atoms with Crippen LogP contribution in [0.25, 0.3) is 11.5 Å². The van der Waals surface area contributed by atoms with Crippen LogP contribution < -0.4 is 0 Å². The Morgan fingerprint density at radius 2 is 2.09 bits per heavy atom. The van der Waals surface area contributed by atoms with E-state index in [1.165, 1.54) is 24.8 Å². The molecule has 1 aromatic heterocycles. The zero-order chi connectivity index (χ0) is 23.6. The number of carbonyl (C=O) groups is 1. The average Bonchev–Trinajstić information content (AvgIpc) is 3.20. The van der Waals surface area contributed by atoms with Gasteiger partial charge in [-0.25, -0.2) is 4.79 Å². The maximum atomic E-state index is 12.5. The smallest absolute Gasteiger partial charge is 0.410 e. The van der Waals surface area contributed by atoms with Gasteiger partial charge >= 0.3 is 6.09 Å². The van der Waals surface area contributed by atoms with Crippen molar-refractivity contribution in [3.05, 3.63) is 35.2 Å². The van der Waals surface area contributed by atoms with Crippen molar-refractivity contribution in [1.82, 2.24) is 15.0 Å². The Morgan fingerprint density at radius 1 is 1.30 bits per heavy atom. The summed E-state index contributed by atoms with van der Waals surface area (Å²) in [5.41, 5.74) is 2.92. The number of benzene rings is 1. The molecule has 2 heterocycles. The molecule has 1 saturated heterocycles. The van der Waals surface area contributed by atoms with Crippen LogP contribution >= 0.6 is 0 Å². The molecule has 2 aromatic rings. The molecule has 0 N–H and O–H groups in total. The highest BCUT2D eigenvalue weighted by molar-refractivity contribution is 5.83. The largest absolute Gasteiger partial charge is 0.444 e. The molecule has 1 unspecified atom stereocenters. The van der Waals surface area contributed by atoms with Crippen LogP contribution in [0.5, 0.6) is 0 Å². The standard InChI is InChI=1S/C26H36N4O3/c1-17-13-19(11-12-30(17)25(31)32-26(2,3)4)23-28-24(33-29-23)20-9-10-21(16-27-5)22(15-20)14-18-7-6-8-18/h9-10,15-19H,6-8,11-14H2,1-5H3/t17?,19-/m0/s1. The van der Waals surface area contributed by atoms with Gasteiger partial charge in [-0.05, 0) is 76.1 Å². The third-order valence-corrected chi connectivity index (χ3v) is 6.70. The first kappa shape index (κ1) is 23.5. The van der Waals surface area contributed by atoms with E-state index in [1.54, 1.807) is 7.05 Å². The molecule has 1 aliphatic heterocycles. The van der Waals surface area contributed by atoms with Crippen molar-refractivity contribution in [3.8, 4) is 11.5 Å². The molecular weight excluding hydrogens is 416 g/mol. The lowest BCUT2D eigenvalue weighted by Crippen LogP contribution is -2.46. The summed E-state index contributed by atoms with van der Waals surface area (Å²) in [4.78, 5) is 23.3. The second-order valence-corrected chi connectivity index (χ2v) is 10.5. The molecule has 1 amide bonds. The Labute approximate surface area is 196 Å². The van der Waals surface area contributed by atoms with Gasteiger partial charge in [-0.15, -0.1) is 0 Å². The predicted molar refractivity (Wildman–Crippen MR) is 129 cm³/mol. The Hall–Kier alpha value is -2.70. The van der Waals surface area contributed by atoms with Crippen LogP contribution in [0.2, 0.25) is 0 Å². The molecule has 0 bridgehead atoms. The summed E-state index contributed by atoms with van der Waals surface area (Å²) >= 11 is 0. The quantitative estimate of drug-likeness (QED) is 0.549. The molecule has 0 spiro atoms. The van der Waals surface area contributed by atoms with Gasteiger partial charge in [0.25, 0.3) is 5.89 Å². The number of rotatable bonds is 5. The van der Waals surface area contributed by atoms with Crippen LogP contribution in [0.3, 0.4) is 0 Å². The van der Waals surface area contributed by atoms with E-state index in [1.807, 2.05) is 38.0 Å². The first-order valence-electron chi connectivity index (χ1n) is 12.1. The number of amides is 1. The lowest BCUT2D eigenvalue weighted by atomic mass is 9.80. The number of hydrogen-bond donors (Lipinski definition) is 0. The number of carbonyl (C=O) groups excluding carboxylic acids is 1. The minimum atomic E-state index is -0.494. The molecule has 33 heavy (non-hydrogen) atoms. The Morgan fingerprint density at radius 3 is 2.73 bits per heavy atom. The van der Waals surface area contributed by atoms with Gasteiger partial charge in [0, 0.05) is 37.3 Å². The first-order valence-corrected chi connectivity index (χ1v) is 12.1. The van der Waals surface area contributed by atoms with E-state index < -0.39 is 5.60 Å². The second-order valence-electron chi connectivity index (χ2n) is 10.5. The van der Waals surface area contributed by atoms with Gasteiger partial charge in [0.05, 0.1) is 0 Å². The Balaban J connectivity index is 1.46. The summed E-state index contributed by atoms with van der Waals surface area (Å²) in [6.45, 7) is 8.35. The average molecular weight is 453 g/mol. The van der Waals surface area contributed by atoms with Crippen LogP contribution in [0.4, 0.5) is 4.79 Å². The topological polar surface area (TPSA) is 80.8 Å². The normalized spacial score (nSPS) is 21.9. The second kappa shape index (κ2) is 9.65. The van der Waals surface area contributed by atoms with Crippen molar-refractivity contribution < 1.29 is 14.1 Å². The maximum absolute atomic E-state index is 12.5. The van der Waals surface area contributed by atoms with E-state index >= 15 is 0 Å². The molecule has 7 nitrogen and oxygen atoms in total. The van der Waals surface area contributed by atoms with E-state index in [9.17, 15) is 4.79 Å². The monoisotopic (exact) mass is 452 g/mol. The molecule has 1 aromatic carbocycles. The zero-order valence-electron chi connectivity index (χ0n) is 20.5. The number of aliphatic imine (C=N–C) groups is 1. The van der Waals surface area contributed by atoms with E-state index in [0.29, 0.717) is 12.4 Å². The predicted octanol–water partition coefficient (Wildman–Crippen LogP) is 5.63. The Bertz CT molecular complexity index is 1000. The van der Waals surface area contributed by atoms with Crippen molar-refractivity contribution in [2.45, 2.75) is 83.8 Å². The van der Waals surface area contributed by atoms with Crippen molar-refractivity contribution in [2.24, 2.45) is 10.9 Å². The molecule has 1 saturated carbocycles. The van der Waals surface area contributed by atoms with Gasteiger partial charge in [-0.1, -0.05) is 30.5 Å². The summed E-state index contributed by atoms with van der Waals surface area (Å²) in [7, 11) is 1.81. The number of likely N-dealkylation sites (tertiary alicyclic amines) is 1. The van der Waals surface area contributed by atoms with Crippen LogP contribution in [-0.2, 0) is 11.2 Å². The van der Waals surface area contributed by atoms with Gasteiger partial charge < -0.3 is 14.2 Å². The van der Waals surface area contributed by atoms with Gasteiger partial charge in [0.1, 0.15) is 5.60 Å². The van der Waals surface area contributed by atoms with Gasteiger partial charge in [-0.3, -0.25) is 4.99 Å². The summed E-state index contributed by atoms with van der Waals surface area (Å²) in [6.07, 6.45) is 8.26. The molecule has 178 valence electrons. The molecule has 0 radical (unpaired) electrons. The summed E-state index contributed by atoms with van der Waals surface area (Å²) in [5.74, 6) is 2.21. The van der Waals surface area contributed by atoms with Crippen molar-refractivity contribution >= 4 is 12.3 Å². The van der Waals surface area contributed by atoms with Crippen LogP contribution in [0, 0.1) is 5.92 Å². The van der Waals surface area contributed by atoms with Crippen LogP contribution in [0.15, 0.2) is 27.7 Å². The minimum Gasteiger partial charge on any atom is -0.444 e. The number of piperidine rings is 1. The third kappa shape index (κ3) is 5.63. The number of nitrogens with zero attached hydrogens (tertiary/aromatic N) is 4. The fraction of sp³-hybridized carbons (Fsp3) is 0.615. The highest BCUT2D eigenvalue weighted by Gasteiger charge is 2.34. The SMILES string of the molecule is CN=Cc1ccc(-c2nc([C@H]3CCN(C(=O)OC(C)(C)C)C(C)C3)no2)cc1CC1CCC1. The molecule has 4 rings (SSSR count). The lowest BCUT2D eigenvalue weighted by Gasteiger charge is -2.37. The van der Waals surface area contributed by atoms with E-state index in [0.717, 1.165) is 42.1 Å². The first-order chi connectivity index (χ1) is 15.7.